The number of fused-ring (bicyclic) bond motifs is 2. The number of aryl methyl sites for hydroxylation is 2. The van der Waals surface area contributed by atoms with E-state index in [1.807, 2.05) is 6.07 Å². The molecule has 0 fully saturated rings. The molecule has 6 heteroatoms. The lowest BCUT2D eigenvalue weighted by Crippen LogP contribution is -2.33. The van der Waals surface area contributed by atoms with Crippen LogP contribution in [0.5, 0.6) is 11.5 Å². The minimum absolute atomic E-state index is 0. The highest BCUT2D eigenvalue weighted by molar-refractivity contribution is 9.10. The Morgan fingerprint density at radius 1 is 1.50 bits per heavy atom. The van der Waals surface area contributed by atoms with E-state index in [1.54, 1.807) is 7.11 Å². The van der Waals surface area contributed by atoms with E-state index >= 15 is 0 Å². The van der Waals surface area contributed by atoms with Gasteiger partial charge < -0.3 is 15.3 Å². The summed E-state index contributed by atoms with van der Waals surface area (Å²) in [7, 11) is 1.54. The molecule has 0 unspecified atom stereocenters. The van der Waals surface area contributed by atoms with E-state index in [-0.39, 0.29) is 11.2 Å². The molecule has 18 heavy (non-hydrogen) atoms. The monoisotopic (exact) mass is 312 g/mol. The zero-order chi connectivity index (χ0) is 12.0. The van der Waals surface area contributed by atoms with Crippen molar-refractivity contribution in [3.8, 4) is 11.5 Å². The van der Waals surface area contributed by atoms with Gasteiger partial charge in [0.25, 0.3) is 5.82 Å². The molecule has 2 heterocycles. The Morgan fingerprint density at radius 3 is 3.00 bits per heavy atom. The Morgan fingerprint density at radius 2 is 2.28 bits per heavy atom. The maximum Gasteiger partial charge on any atom is 0.299 e. The molecule has 1 aliphatic heterocycles. The van der Waals surface area contributed by atoms with E-state index in [0.717, 1.165) is 36.1 Å². The van der Waals surface area contributed by atoms with E-state index in [4.69, 9.17) is 4.74 Å². The van der Waals surface area contributed by atoms with E-state index in [9.17, 15) is 5.11 Å². The minimum atomic E-state index is 0. The molecule has 0 spiro atoms. The average molecular weight is 313 g/mol. The number of hydrogen-bond acceptors (Lipinski definition) is 4. The number of nitrogens with zero attached hydrogens (tertiary/aromatic N) is 2. The van der Waals surface area contributed by atoms with Crippen molar-refractivity contribution in [2.45, 2.75) is 19.4 Å². The van der Waals surface area contributed by atoms with Gasteiger partial charge in [0.05, 0.1) is 29.9 Å². The van der Waals surface area contributed by atoms with Crippen LogP contribution >= 0.6 is 15.9 Å². The third-order valence-corrected chi connectivity index (χ3v) is 3.69. The van der Waals surface area contributed by atoms with Crippen molar-refractivity contribution in [3.05, 3.63) is 22.6 Å². The van der Waals surface area contributed by atoms with Crippen molar-refractivity contribution < 1.29 is 19.9 Å². The molecule has 2 N–H and O–H groups in total. The summed E-state index contributed by atoms with van der Waals surface area (Å²) in [5.74, 6) is 1.60. The van der Waals surface area contributed by atoms with E-state index in [0.29, 0.717) is 10.2 Å². The Labute approximate surface area is 112 Å². The number of rotatable bonds is 1. The van der Waals surface area contributed by atoms with Gasteiger partial charge in [0.2, 0.25) is 11.3 Å². The Bertz CT molecular complexity index is 616. The lowest BCUT2D eigenvalue weighted by atomic mass is 10.2. The second-order valence-corrected chi connectivity index (χ2v) is 4.99. The van der Waals surface area contributed by atoms with E-state index in [2.05, 4.69) is 31.7 Å². The topological polar surface area (TPSA) is 76.2 Å². The first kappa shape index (κ1) is 13.0. The van der Waals surface area contributed by atoms with Gasteiger partial charge in [-0.1, -0.05) is 0 Å². The Balaban J connectivity index is 0.00000120. The Kier molecular flexibility index (Phi) is 3.41. The molecule has 1 aliphatic rings. The van der Waals surface area contributed by atoms with Gasteiger partial charge in [0.15, 0.2) is 5.75 Å². The van der Waals surface area contributed by atoms with Crippen molar-refractivity contribution in [3.63, 3.8) is 0 Å². The minimum Gasteiger partial charge on any atom is -0.870 e. The van der Waals surface area contributed by atoms with Crippen molar-refractivity contribution in [2.75, 3.05) is 7.11 Å². The number of halogens is 1. The summed E-state index contributed by atoms with van der Waals surface area (Å²) in [6, 6.07) is 1.87. The summed E-state index contributed by atoms with van der Waals surface area (Å²) in [4.78, 5) is 4.59. The zero-order valence-corrected chi connectivity index (χ0v) is 11.4. The number of phenolic OH excluding ortho intramolecular Hbond substituents is 1. The normalized spacial score (nSPS) is 13.2. The maximum atomic E-state index is 9.93. The standard InChI is InChI=1S/C12H11BrN2O2.H2O/c1-17-12-10-7(5-8(13)11(12)16)6-15-4-2-3-9(15)14-10;/h5-6H,2-4H2,1H3;1H2. The summed E-state index contributed by atoms with van der Waals surface area (Å²) in [5, 5.41) is 10.9. The fourth-order valence-electron chi connectivity index (χ4n) is 2.27. The molecule has 0 bridgehead atoms. The molecule has 0 radical (unpaired) electrons. The number of methoxy groups -OCH3 is 1. The number of aromatic hydroxyl groups is 1. The second kappa shape index (κ2) is 4.70. The van der Waals surface area contributed by atoms with Crippen LogP contribution in [0.2, 0.25) is 0 Å². The van der Waals surface area contributed by atoms with E-state index in [1.165, 1.54) is 0 Å². The third-order valence-electron chi connectivity index (χ3n) is 3.08. The quantitative estimate of drug-likeness (QED) is 0.814. The molecule has 3 rings (SSSR count). The van der Waals surface area contributed by atoms with Crippen LogP contribution in [0.15, 0.2) is 16.7 Å². The van der Waals surface area contributed by atoms with Crippen molar-refractivity contribution >= 4 is 26.8 Å². The predicted octanol–water partition coefficient (Wildman–Crippen LogP) is 1.77. The summed E-state index contributed by atoms with van der Waals surface area (Å²) in [5.41, 5.74) is 0.723. The van der Waals surface area contributed by atoms with Gasteiger partial charge in [0, 0.05) is 0 Å². The SMILES string of the molecule is COc1c(O)c(Br)cc2c[n+]3c(nc12)CCC3.[OH-]. The molecule has 0 aliphatic carbocycles. The lowest BCUT2D eigenvalue weighted by molar-refractivity contribution is -0.692. The van der Waals surface area contributed by atoms with Gasteiger partial charge in [-0.25, -0.2) is 4.57 Å². The highest BCUT2D eigenvalue weighted by atomic mass is 79.9. The predicted molar refractivity (Wildman–Crippen MR) is 68.1 cm³/mol. The largest absolute Gasteiger partial charge is 0.870 e. The molecule has 1 aromatic carbocycles. The fraction of sp³-hybridized carbons (Fsp3) is 0.333. The summed E-state index contributed by atoms with van der Waals surface area (Å²) < 4.78 is 8.03. The van der Waals surface area contributed by atoms with Gasteiger partial charge in [-0.05, 0) is 33.4 Å². The molecule has 96 valence electrons. The van der Waals surface area contributed by atoms with Crippen LogP contribution in [0.4, 0.5) is 0 Å². The van der Waals surface area contributed by atoms with Crippen molar-refractivity contribution in [1.82, 2.24) is 4.98 Å². The molecule has 0 saturated heterocycles. The lowest BCUT2D eigenvalue weighted by Gasteiger charge is -2.06. The van der Waals surface area contributed by atoms with Crippen LogP contribution in [-0.4, -0.2) is 22.7 Å². The molecular formula is C12H13BrN2O3. The smallest absolute Gasteiger partial charge is 0.299 e. The molecule has 5 nitrogen and oxygen atoms in total. The molecular weight excluding hydrogens is 300 g/mol. The van der Waals surface area contributed by atoms with Crippen LogP contribution < -0.4 is 9.30 Å². The van der Waals surface area contributed by atoms with Crippen molar-refractivity contribution in [2.24, 2.45) is 0 Å². The van der Waals surface area contributed by atoms with Crippen molar-refractivity contribution in [1.29, 1.82) is 0 Å². The van der Waals surface area contributed by atoms with Crippen LogP contribution in [0.25, 0.3) is 10.9 Å². The summed E-state index contributed by atoms with van der Waals surface area (Å²) >= 11 is 3.32. The summed E-state index contributed by atoms with van der Waals surface area (Å²) in [6.07, 6.45) is 4.17. The van der Waals surface area contributed by atoms with Gasteiger partial charge in [-0.15, -0.1) is 0 Å². The molecule has 2 aromatic rings. The number of aromatic nitrogens is 2. The van der Waals surface area contributed by atoms with Crippen LogP contribution in [-0.2, 0) is 13.0 Å². The third kappa shape index (κ3) is 1.81. The number of hydrogen-bond donors (Lipinski definition) is 1. The first-order chi connectivity index (χ1) is 8.20. The first-order valence-corrected chi connectivity index (χ1v) is 6.28. The van der Waals surface area contributed by atoms with Crippen LogP contribution in [0, 0.1) is 0 Å². The number of ether oxygens (including phenoxy) is 1. The van der Waals surface area contributed by atoms with Gasteiger partial charge >= 0.3 is 0 Å². The second-order valence-electron chi connectivity index (χ2n) is 4.13. The first-order valence-electron chi connectivity index (χ1n) is 5.49. The number of benzene rings is 1. The zero-order valence-electron chi connectivity index (χ0n) is 9.85. The number of phenols is 1. The van der Waals surface area contributed by atoms with E-state index < -0.39 is 0 Å². The average Bonchev–Trinajstić information content (AvgIpc) is 2.75. The van der Waals surface area contributed by atoms with Gasteiger partial charge in [-0.3, -0.25) is 0 Å². The Hall–Kier alpha value is -1.40. The highest BCUT2D eigenvalue weighted by Gasteiger charge is 2.25. The molecule has 0 amide bonds. The van der Waals surface area contributed by atoms with Crippen LogP contribution in [0.3, 0.4) is 0 Å². The van der Waals surface area contributed by atoms with Gasteiger partial charge in [0.1, 0.15) is 6.20 Å². The highest BCUT2D eigenvalue weighted by Crippen LogP contribution is 2.39. The molecule has 1 aromatic heterocycles. The maximum absolute atomic E-state index is 9.93. The summed E-state index contributed by atoms with van der Waals surface area (Å²) in [6.45, 7) is 1.01. The fourth-order valence-corrected chi connectivity index (χ4v) is 2.70. The van der Waals surface area contributed by atoms with Crippen LogP contribution in [0.1, 0.15) is 12.2 Å². The van der Waals surface area contributed by atoms with Gasteiger partial charge in [-0.2, -0.15) is 0 Å². The molecule has 0 atom stereocenters. The molecule has 0 saturated carbocycles.